The summed E-state index contributed by atoms with van der Waals surface area (Å²) in [5, 5.41) is 8.55. The first-order valence-corrected chi connectivity index (χ1v) is 9.38. The lowest BCUT2D eigenvalue weighted by molar-refractivity contribution is -0.126. The van der Waals surface area contributed by atoms with Gasteiger partial charge in [0, 0.05) is 24.3 Å². The van der Waals surface area contributed by atoms with E-state index in [9.17, 15) is 9.59 Å². The average Bonchev–Trinajstić information content (AvgIpc) is 3.36. The largest absolute Gasteiger partial charge is 0.273 e. The van der Waals surface area contributed by atoms with E-state index >= 15 is 0 Å². The molecule has 6 nitrogen and oxygen atoms in total. The Morgan fingerprint density at radius 1 is 0.792 bits per heavy atom. The van der Waals surface area contributed by atoms with Gasteiger partial charge in [0.15, 0.2) is 0 Å². The molecule has 4 saturated carbocycles. The van der Waals surface area contributed by atoms with Gasteiger partial charge in [-0.25, -0.2) is 10.9 Å². The van der Waals surface area contributed by atoms with Crippen molar-refractivity contribution in [3.05, 3.63) is 0 Å². The van der Waals surface area contributed by atoms with Crippen LogP contribution in [-0.4, -0.2) is 23.2 Å². The predicted molar refractivity (Wildman–Crippen MR) is 91.3 cm³/mol. The molecule has 4 aliphatic rings. The zero-order valence-corrected chi connectivity index (χ0v) is 14.1. The first-order chi connectivity index (χ1) is 11.7. The van der Waals surface area contributed by atoms with E-state index in [0.717, 1.165) is 36.1 Å². The minimum Gasteiger partial charge on any atom is -0.273 e. The molecule has 4 rings (SSSR count). The van der Waals surface area contributed by atoms with Crippen LogP contribution in [0, 0.1) is 23.7 Å². The molecule has 4 fully saturated rings. The van der Waals surface area contributed by atoms with E-state index in [1.165, 1.54) is 38.5 Å². The molecule has 4 bridgehead atoms. The van der Waals surface area contributed by atoms with E-state index in [-0.39, 0.29) is 24.7 Å². The van der Waals surface area contributed by atoms with Crippen molar-refractivity contribution in [3.63, 3.8) is 0 Å². The van der Waals surface area contributed by atoms with E-state index in [0.29, 0.717) is 11.8 Å². The number of carbonyl (C=O) groups is 2. The molecule has 0 aliphatic heterocycles. The summed E-state index contributed by atoms with van der Waals surface area (Å²) < 4.78 is 0. The minimum absolute atomic E-state index is 0.160. The van der Waals surface area contributed by atoms with Crippen molar-refractivity contribution in [2.75, 3.05) is 0 Å². The second-order valence-electron chi connectivity index (χ2n) is 7.94. The zero-order valence-electron chi connectivity index (χ0n) is 14.1. The summed E-state index contributed by atoms with van der Waals surface area (Å²) >= 11 is 0. The molecule has 130 valence electrons. The molecule has 0 unspecified atom stereocenters. The molecule has 0 radical (unpaired) electrons. The van der Waals surface area contributed by atoms with E-state index in [4.69, 9.17) is 0 Å². The molecular formula is C18H26N4O2. The van der Waals surface area contributed by atoms with Crippen LogP contribution in [0.1, 0.15) is 64.2 Å². The van der Waals surface area contributed by atoms with E-state index < -0.39 is 0 Å². The van der Waals surface area contributed by atoms with Gasteiger partial charge in [0.2, 0.25) is 11.8 Å². The summed E-state index contributed by atoms with van der Waals surface area (Å²) in [6, 6.07) is 0. The van der Waals surface area contributed by atoms with Gasteiger partial charge in [0.05, 0.1) is 0 Å². The SMILES string of the molecule is O=C(CCC(=O)N/N=C1/C[C@@H]2CC[C@H]1C2)N/N=C1/C[C@H]2CC[C@@H]1C2. The first-order valence-electron chi connectivity index (χ1n) is 9.38. The maximum Gasteiger partial charge on any atom is 0.240 e. The molecule has 0 aromatic rings. The number of hydrogen-bond donors (Lipinski definition) is 2. The summed E-state index contributed by atoms with van der Waals surface area (Å²) in [5.74, 6) is 2.34. The number of hydrogen-bond acceptors (Lipinski definition) is 4. The molecule has 0 aromatic carbocycles. The van der Waals surface area contributed by atoms with Crippen LogP contribution in [0.25, 0.3) is 0 Å². The Morgan fingerprint density at radius 3 is 1.58 bits per heavy atom. The first kappa shape index (κ1) is 15.8. The third kappa shape index (κ3) is 3.37. The quantitative estimate of drug-likeness (QED) is 0.759. The number of rotatable bonds is 5. The Labute approximate surface area is 142 Å². The molecule has 0 aromatic heterocycles. The topological polar surface area (TPSA) is 82.9 Å². The highest BCUT2D eigenvalue weighted by molar-refractivity contribution is 5.92. The molecule has 24 heavy (non-hydrogen) atoms. The fourth-order valence-corrected chi connectivity index (χ4v) is 4.93. The summed E-state index contributed by atoms with van der Waals surface area (Å²) in [5.41, 5.74) is 7.52. The fraction of sp³-hybridized carbons (Fsp3) is 0.778. The maximum absolute atomic E-state index is 11.8. The third-order valence-electron chi connectivity index (χ3n) is 6.25. The standard InChI is InChI=1S/C18H26N4O2/c23-17(21-19-15-9-11-1-3-13(15)7-11)5-6-18(24)22-20-16-10-12-2-4-14(16)8-12/h11-14H,1-10H2,(H,21,23)(H,22,24)/b19-15-,20-16-/t11-,12+,13+,14-. The molecule has 6 heteroatoms. The lowest BCUT2D eigenvalue weighted by Crippen LogP contribution is -2.25. The van der Waals surface area contributed by atoms with Crippen molar-refractivity contribution in [3.8, 4) is 0 Å². The van der Waals surface area contributed by atoms with Gasteiger partial charge in [0.1, 0.15) is 0 Å². The maximum atomic E-state index is 11.8. The normalized spacial score (nSPS) is 36.7. The van der Waals surface area contributed by atoms with Crippen LogP contribution in [0.5, 0.6) is 0 Å². The smallest absolute Gasteiger partial charge is 0.240 e. The minimum atomic E-state index is -0.187. The molecule has 2 amide bonds. The van der Waals surface area contributed by atoms with E-state index in [1.807, 2.05) is 0 Å². The van der Waals surface area contributed by atoms with Crippen LogP contribution >= 0.6 is 0 Å². The molecule has 0 heterocycles. The van der Waals surface area contributed by atoms with Crippen molar-refractivity contribution >= 4 is 23.2 Å². The lowest BCUT2D eigenvalue weighted by Gasteiger charge is -2.12. The number of nitrogens with zero attached hydrogens (tertiary/aromatic N) is 2. The van der Waals surface area contributed by atoms with Crippen LogP contribution in [0.3, 0.4) is 0 Å². The van der Waals surface area contributed by atoms with Crippen molar-refractivity contribution in [2.45, 2.75) is 64.2 Å². The van der Waals surface area contributed by atoms with Crippen molar-refractivity contribution < 1.29 is 9.59 Å². The van der Waals surface area contributed by atoms with Crippen molar-refractivity contribution in [1.29, 1.82) is 0 Å². The van der Waals surface area contributed by atoms with Gasteiger partial charge < -0.3 is 0 Å². The van der Waals surface area contributed by atoms with E-state index in [1.54, 1.807) is 0 Å². The molecule has 0 spiro atoms. The van der Waals surface area contributed by atoms with Crippen LogP contribution in [-0.2, 0) is 9.59 Å². The van der Waals surface area contributed by atoms with Gasteiger partial charge in [-0.15, -0.1) is 0 Å². The molecular weight excluding hydrogens is 304 g/mol. The number of nitrogens with one attached hydrogen (secondary N) is 2. The second kappa shape index (κ2) is 6.65. The van der Waals surface area contributed by atoms with Crippen molar-refractivity contribution in [1.82, 2.24) is 10.9 Å². The third-order valence-corrected chi connectivity index (χ3v) is 6.25. The van der Waals surface area contributed by atoms with Gasteiger partial charge in [-0.3, -0.25) is 9.59 Å². The predicted octanol–water partition coefficient (Wildman–Crippen LogP) is 2.35. The Balaban J connectivity index is 1.17. The van der Waals surface area contributed by atoms with Crippen molar-refractivity contribution in [2.24, 2.45) is 33.9 Å². The molecule has 2 N–H and O–H groups in total. The van der Waals surface area contributed by atoms with Gasteiger partial charge in [-0.1, -0.05) is 0 Å². The molecule has 4 aliphatic carbocycles. The average molecular weight is 330 g/mol. The number of amides is 2. The van der Waals surface area contributed by atoms with Crippen LogP contribution in [0.4, 0.5) is 0 Å². The Hall–Kier alpha value is -1.72. The number of carbonyl (C=O) groups excluding carboxylic acids is 2. The highest BCUT2D eigenvalue weighted by Gasteiger charge is 2.37. The highest BCUT2D eigenvalue weighted by Crippen LogP contribution is 2.43. The molecule has 4 atom stereocenters. The fourth-order valence-electron chi connectivity index (χ4n) is 4.93. The van der Waals surface area contributed by atoms with Gasteiger partial charge >= 0.3 is 0 Å². The van der Waals surface area contributed by atoms with Crippen LogP contribution in [0.15, 0.2) is 10.2 Å². The van der Waals surface area contributed by atoms with E-state index in [2.05, 4.69) is 21.1 Å². The Kier molecular flexibility index (Phi) is 4.37. The number of fused-ring (bicyclic) bond motifs is 4. The summed E-state index contributed by atoms with van der Waals surface area (Å²) in [6.07, 6.45) is 9.90. The van der Waals surface area contributed by atoms with Crippen LogP contribution in [0.2, 0.25) is 0 Å². The van der Waals surface area contributed by atoms with Gasteiger partial charge in [-0.05, 0) is 75.0 Å². The number of hydrazone groups is 2. The molecule has 0 saturated heterocycles. The highest BCUT2D eigenvalue weighted by atomic mass is 16.2. The lowest BCUT2D eigenvalue weighted by atomic mass is 9.99. The monoisotopic (exact) mass is 330 g/mol. The summed E-state index contributed by atoms with van der Waals surface area (Å²) in [7, 11) is 0. The van der Waals surface area contributed by atoms with Crippen LogP contribution < -0.4 is 10.9 Å². The second-order valence-corrected chi connectivity index (χ2v) is 7.94. The summed E-state index contributed by atoms with van der Waals surface area (Å²) in [4.78, 5) is 23.7. The Morgan fingerprint density at radius 2 is 1.25 bits per heavy atom. The zero-order chi connectivity index (χ0) is 16.5. The Bertz CT molecular complexity index is 546. The van der Waals surface area contributed by atoms with Gasteiger partial charge in [0.25, 0.3) is 0 Å². The summed E-state index contributed by atoms with van der Waals surface area (Å²) in [6.45, 7) is 0. The van der Waals surface area contributed by atoms with Gasteiger partial charge in [-0.2, -0.15) is 10.2 Å².